The van der Waals surface area contributed by atoms with Crippen LogP contribution in [0, 0.1) is 5.92 Å². The van der Waals surface area contributed by atoms with Crippen molar-refractivity contribution >= 4 is 5.91 Å². The molecule has 1 aromatic rings. The second kappa shape index (κ2) is 5.27. The van der Waals surface area contributed by atoms with Crippen molar-refractivity contribution in [2.24, 2.45) is 5.92 Å². The van der Waals surface area contributed by atoms with E-state index in [4.69, 9.17) is 5.11 Å². The van der Waals surface area contributed by atoms with E-state index in [0.29, 0.717) is 18.0 Å². The molecule has 94 valence electrons. The van der Waals surface area contributed by atoms with E-state index in [-0.39, 0.29) is 12.5 Å². The number of aliphatic hydroxyl groups excluding tert-OH is 1. The number of nitrogens with zero attached hydrogens (tertiary/aromatic N) is 4. The molecular weight excluding hydrogens is 220 g/mol. The highest BCUT2D eigenvalue weighted by atomic mass is 16.3. The summed E-state index contributed by atoms with van der Waals surface area (Å²) in [5.74, 6) is 0.667. The highest BCUT2D eigenvalue weighted by molar-refractivity contribution is 5.76. The summed E-state index contributed by atoms with van der Waals surface area (Å²) in [5, 5.41) is 16.7. The molecule has 0 spiro atoms. The van der Waals surface area contributed by atoms with E-state index >= 15 is 0 Å². The Morgan fingerprint density at radius 3 is 3.12 bits per heavy atom. The fourth-order valence-electron chi connectivity index (χ4n) is 2.20. The van der Waals surface area contributed by atoms with E-state index in [0.717, 1.165) is 26.1 Å². The van der Waals surface area contributed by atoms with Crippen molar-refractivity contribution in [3.63, 3.8) is 0 Å². The largest absolute Gasteiger partial charge is 0.390 e. The summed E-state index contributed by atoms with van der Waals surface area (Å²) >= 11 is 0. The van der Waals surface area contributed by atoms with Crippen molar-refractivity contribution < 1.29 is 9.90 Å². The molecule has 1 aromatic heterocycles. The summed E-state index contributed by atoms with van der Waals surface area (Å²) in [5.41, 5.74) is 0.587. The predicted molar refractivity (Wildman–Crippen MR) is 60.9 cm³/mol. The van der Waals surface area contributed by atoms with Gasteiger partial charge in [0.05, 0.1) is 12.8 Å². The second-order valence-electron chi connectivity index (χ2n) is 4.44. The molecular formula is C11H18N4O2. The lowest BCUT2D eigenvalue weighted by Gasteiger charge is -2.15. The molecule has 1 amide bonds. The molecule has 0 aromatic carbocycles. The van der Waals surface area contributed by atoms with Crippen molar-refractivity contribution in [3.05, 3.63) is 11.9 Å². The number of carbonyl (C=O) groups excluding carboxylic acids is 1. The molecule has 0 radical (unpaired) electrons. The van der Waals surface area contributed by atoms with E-state index < -0.39 is 0 Å². The number of aromatic nitrogens is 3. The van der Waals surface area contributed by atoms with Crippen LogP contribution in [-0.2, 0) is 17.9 Å². The van der Waals surface area contributed by atoms with Crippen LogP contribution in [0.5, 0.6) is 0 Å². The first-order valence-corrected chi connectivity index (χ1v) is 6.00. The Hall–Kier alpha value is -1.43. The second-order valence-corrected chi connectivity index (χ2v) is 4.44. The van der Waals surface area contributed by atoms with Gasteiger partial charge in [0.2, 0.25) is 5.91 Å². The lowest BCUT2D eigenvalue weighted by molar-refractivity contribution is -0.129. The van der Waals surface area contributed by atoms with Crippen LogP contribution in [0.2, 0.25) is 0 Å². The molecule has 0 saturated carbocycles. The molecule has 1 aliphatic rings. The molecule has 2 rings (SSSR count). The quantitative estimate of drug-likeness (QED) is 0.803. The van der Waals surface area contributed by atoms with E-state index in [1.54, 1.807) is 10.9 Å². The van der Waals surface area contributed by atoms with Gasteiger partial charge in [-0.05, 0) is 12.3 Å². The molecule has 17 heavy (non-hydrogen) atoms. The van der Waals surface area contributed by atoms with Crippen molar-refractivity contribution in [1.82, 2.24) is 19.9 Å². The van der Waals surface area contributed by atoms with Gasteiger partial charge in [-0.3, -0.25) is 9.48 Å². The minimum absolute atomic E-state index is 0.0783. The van der Waals surface area contributed by atoms with Crippen molar-refractivity contribution in [2.75, 3.05) is 13.1 Å². The van der Waals surface area contributed by atoms with E-state index in [1.807, 2.05) is 11.8 Å². The molecule has 1 N–H and O–H groups in total. The molecule has 1 fully saturated rings. The van der Waals surface area contributed by atoms with Gasteiger partial charge >= 0.3 is 0 Å². The van der Waals surface area contributed by atoms with Gasteiger partial charge in [-0.2, -0.15) is 0 Å². The summed E-state index contributed by atoms with van der Waals surface area (Å²) in [6, 6.07) is 0. The standard InChI is InChI=1S/C11H18N4O2/c1-2-11(17)14-4-3-9(5-14)6-15-7-10(8-16)12-13-15/h7,9,16H,2-6,8H2,1H3/t9-/m1/s1. The minimum Gasteiger partial charge on any atom is -0.390 e. The maximum absolute atomic E-state index is 11.5. The summed E-state index contributed by atoms with van der Waals surface area (Å²) in [4.78, 5) is 13.4. The molecule has 1 saturated heterocycles. The molecule has 2 heterocycles. The van der Waals surface area contributed by atoms with Gasteiger partial charge < -0.3 is 10.0 Å². The van der Waals surface area contributed by atoms with Crippen LogP contribution >= 0.6 is 0 Å². The SMILES string of the molecule is CCC(=O)N1CC[C@@H](Cn2cc(CO)nn2)C1. The van der Waals surface area contributed by atoms with Gasteiger partial charge in [0.1, 0.15) is 5.69 Å². The molecule has 6 heteroatoms. The normalized spacial score (nSPS) is 19.9. The Morgan fingerprint density at radius 2 is 2.47 bits per heavy atom. The van der Waals surface area contributed by atoms with Crippen LogP contribution in [0.1, 0.15) is 25.5 Å². The Bertz CT molecular complexity index is 391. The van der Waals surface area contributed by atoms with Gasteiger partial charge in [0.15, 0.2) is 0 Å². The highest BCUT2D eigenvalue weighted by Crippen LogP contribution is 2.18. The Labute approximate surface area is 100 Å². The Balaban J connectivity index is 1.87. The van der Waals surface area contributed by atoms with E-state index in [9.17, 15) is 4.79 Å². The zero-order valence-electron chi connectivity index (χ0n) is 10.0. The average molecular weight is 238 g/mol. The first-order chi connectivity index (χ1) is 8.22. The molecule has 0 unspecified atom stereocenters. The molecule has 6 nitrogen and oxygen atoms in total. The van der Waals surface area contributed by atoms with Gasteiger partial charge in [-0.15, -0.1) is 5.10 Å². The Kier molecular flexibility index (Phi) is 3.73. The van der Waals surface area contributed by atoms with Crippen molar-refractivity contribution in [2.45, 2.75) is 32.9 Å². The van der Waals surface area contributed by atoms with Gasteiger partial charge in [0, 0.05) is 26.1 Å². The fourth-order valence-corrected chi connectivity index (χ4v) is 2.20. The maximum Gasteiger partial charge on any atom is 0.222 e. The molecule has 1 aliphatic heterocycles. The number of carbonyl (C=O) groups is 1. The van der Waals surface area contributed by atoms with E-state index in [2.05, 4.69) is 10.3 Å². The highest BCUT2D eigenvalue weighted by Gasteiger charge is 2.25. The summed E-state index contributed by atoms with van der Waals surface area (Å²) in [6.07, 6.45) is 3.34. The maximum atomic E-state index is 11.5. The monoisotopic (exact) mass is 238 g/mol. The van der Waals surface area contributed by atoms with Crippen LogP contribution in [0.4, 0.5) is 0 Å². The van der Waals surface area contributed by atoms with Crippen molar-refractivity contribution in [3.8, 4) is 0 Å². The van der Waals surface area contributed by atoms with Gasteiger partial charge in [-0.25, -0.2) is 0 Å². The summed E-state index contributed by atoms with van der Waals surface area (Å²) in [6.45, 7) is 4.23. The third kappa shape index (κ3) is 2.82. The molecule has 0 bridgehead atoms. The van der Waals surface area contributed by atoms with Crippen molar-refractivity contribution in [1.29, 1.82) is 0 Å². The average Bonchev–Trinajstić information content (AvgIpc) is 2.97. The first kappa shape index (κ1) is 12.0. The van der Waals surface area contributed by atoms with Gasteiger partial charge in [0.25, 0.3) is 0 Å². The predicted octanol–water partition coefficient (Wildman–Crippen LogP) is 0.0289. The number of rotatable bonds is 4. The Morgan fingerprint density at radius 1 is 1.65 bits per heavy atom. The van der Waals surface area contributed by atoms with Crippen LogP contribution < -0.4 is 0 Å². The summed E-state index contributed by atoms with van der Waals surface area (Å²) < 4.78 is 1.75. The zero-order chi connectivity index (χ0) is 12.3. The number of aliphatic hydroxyl groups is 1. The zero-order valence-corrected chi connectivity index (χ0v) is 10.0. The first-order valence-electron chi connectivity index (χ1n) is 6.00. The van der Waals surface area contributed by atoms with Crippen LogP contribution in [0.3, 0.4) is 0 Å². The number of likely N-dealkylation sites (tertiary alicyclic amines) is 1. The number of hydrogen-bond acceptors (Lipinski definition) is 4. The molecule has 0 aliphatic carbocycles. The lowest BCUT2D eigenvalue weighted by atomic mass is 10.1. The summed E-state index contributed by atoms with van der Waals surface area (Å²) in [7, 11) is 0. The third-order valence-corrected chi connectivity index (χ3v) is 3.13. The number of hydrogen-bond donors (Lipinski definition) is 1. The smallest absolute Gasteiger partial charge is 0.222 e. The minimum atomic E-state index is -0.0783. The van der Waals surface area contributed by atoms with Gasteiger partial charge in [-0.1, -0.05) is 12.1 Å². The number of amides is 1. The fraction of sp³-hybridized carbons (Fsp3) is 0.727. The van der Waals surface area contributed by atoms with E-state index in [1.165, 1.54) is 0 Å². The lowest BCUT2D eigenvalue weighted by Crippen LogP contribution is -2.28. The third-order valence-electron chi connectivity index (χ3n) is 3.13. The molecule has 1 atom stereocenters. The van der Waals surface area contributed by atoms with Crippen LogP contribution in [0.15, 0.2) is 6.20 Å². The van der Waals surface area contributed by atoms with Crippen LogP contribution in [-0.4, -0.2) is 44.0 Å². The topological polar surface area (TPSA) is 71.2 Å². The van der Waals surface area contributed by atoms with Crippen LogP contribution in [0.25, 0.3) is 0 Å².